The van der Waals surface area contributed by atoms with Gasteiger partial charge in [0.05, 0.1) is 13.2 Å². The summed E-state index contributed by atoms with van der Waals surface area (Å²) in [7, 11) is 0. The first-order chi connectivity index (χ1) is 16.2. The van der Waals surface area contributed by atoms with E-state index in [1.165, 1.54) is 25.7 Å². The summed E-state index contributed by atoms with van der Waals surface area (Å²) in [6.07, 6.45) is 4.93. The van der Waals surface area contributed by atoms with Crippen LogP contribution in [0.25, 0.3) is 0 Å². The molecular weight excluding hydrogens is 440 g/mol. The van der Waals surface area contributed by atoms with Crippen LogP contribution in [0.3, 0.4) is 0 Å². The van der Waals surface area contributed by atoms with Gasteiger partial charge in [-0.25, -0.2) is 0 Å². The van der Waals surface area contributed by atoms with E-state index in [9.17, 15) is 0 Å². The second kappa shape index (κ2) is 10.4. The van der Waals surface area contributed by atoms with Crippen molar-refractivity contribution in [2.24, 2.45) is 0 Å². The van der Waals surface area contributed by atoms with Gasteiger partial charge in [-0.2, -0.15) is 9.97 Å². The van der Waals surface area contributed by atoms with Crippen LogP contribution in [0.2, 0.25) is 0 Å². The highest BCUT2D eigenvalue weighted by atomic mass is 32.1. The quantitative estimate of drug-likeness (QED) is 0.637. The molecule has 5 rings (SSSR count). The Morgan fingerprint density at radius 3 is 2.33 bits per heavy atom. The van der Waals surface area contributed by atoms with Crippen LogP contribution in [0.15, 0.2) is 24.3 Å². The standard InChI is InChI=1S/C23H30N6O3S/c33-23(24-15-17-5-6-18-19(13-17)32-16-31-18)27-22-25-20(28-7-3-1-2-4-8-28)14-21(26-22)29-9-11-30-12-10-29/h5-6,13-14H,1-4,7-12,15-16H2,(H2,24,25,26,27,33). The van der Waals surface area contributed by atoms with Gasteiger partial charge in [-0.1, -0.05) is 18.9 Å². The van der Waals surface area contributed by atoms with Gasteiger partial charge in [0.2, 0.25) is 12.7 Å². The number of nitrogens with one attached hydrogen (secondary N) is 2. The molecule has 0 aliphatic carbocycles. The zero-order chi connectivity index (χ0) is 22.5. The Kier molecular flexibility index (Phi) is 6.92. The van der Waals surface area contributed by atoms with E-state index in [0.29, 0.717) is 30.8 Å². The molecule has 0 saturated carbocycles. The molecule has 0 spiro atoms. The topological polar surface area (TPSA) is 84.0 Å². The number of hydrogen-bond acceptors (Lipinski definition) is 8. The summed E-state index contributed by atoms with van der Waals surface area (Å²) in [5.74, 6) is 3.91. The molecule has 10 heteroatoms. The minimum atomic E-state index is 0.266. The lowest BCUT2D eigenvalue weighted by Gasteiger charge is -2.29. The molecule has 0 amide bonds. The fourth-order valence-corrected chi connectivity index (χ4v) is 4.44. The lowest BCUT2D eigenvalue weighted by molar-refractivity contribution is 0.122. The first-order valence-corrected chi connectivity index (χ1v) is 12.1. The highest BCUT2D eigenvalue weighted by molar-refractivity contribution is 7.80. The van der Waals surface area contributed by atoms with Crippen LogP contribution in [0, 0.1) is 0 Å². The van der Waals surface area contributed by atoms with E-state index in [1.54, 1.807) is 0 Å². The van der Waals surface area contributed by atoms with Crippen LogP contribution >= 0.6 is 12.2 Å². The molecule has 0 atom stereocenters. The Bertz CT molecular complexity index is 977. The van der Waals surface area contributed by atoms with Crippen LogP contribution in [0.4, 0.5) is 17.6 Å². The van der Waals surface area contributed by atoms with E-state index >= 15 is 0 Å². The third kappa shape index (κ3) is 5.56. The summed E-state index contributed by atoms with van der Waals surface area (Å²) < 4.78 is 16.4. The van der Waals surface area contributed by atoms with Crippen LogP contribution in [-0.4, -0.2) is 61.3 Å². The number of morpholine rings is 1. The van der Waals surface area contributed by atoms with E-state index < -0.39 is 0 Å². The maximum atomic E-state index is 5.55. The van der Waals surface area contributed by atoms with Crippen molar-refractivity contribution in [1.82, 2.24) is 15.3 Å². The van der Waals surface area contributed by atoms with Crippen molar-refractivity contribution in [3.05, 3.63) is 29.8 Å². The van der Waals surface area contributed by atoms with Crippen molar-refractivity contribution in [3.63, 3.8) is 0 Å². The third-order valence-corrected chi connectivity index (χ3v) is 6.33. The molecule has 3 aliphatic heterocycles. The number of fused-ring (bicyclic) bond motifs is 1. The number of benzene rings is 1. The van der Waals surface area contributed by atoms with Crippen LogP contribution in [0.1, 0.15) is 31.2 Å². The molecule has 2 saturated heterocycles. The lowest BCUT2D eigenvalue weighted by atomic mass is 10.2. The van der Waals surface area contributed by atoms with Gasteiger partial charge in [0.25, 0.3) is 0 Å². The zero-order valence-corrected chi connectivity index (χ0v) is 19.5. The molecular formula is C23H30N6O3S. The van der Waals surface area contributed by atoms with Gasteiger partial charge < -0.3 is 34.6 Å². The monoisotopic (exact) mass is 470 g/mol. The number of hydrogen-bond donors (Lipinski definition) is 2. The van der Waals surface area contributed by atoms with Gasteiger partial charge in [-0.3, -0.25) is 0 Å². The number of anilines is 3. The van der Waals surface area contributed by atoms with E-state index in [-0.39, 0.29) is 6.79 Å². The predicted molar refractivity (Wildman–Crippen MR) is 131 cm³/mol. The minimum absolute atomic E-state index is 0.266. The summed E-state index contributed by atoms with van der Waals surface area (Å²) in [6.45, 7) is 5.93. The molecule has 33 heavy (non-hydrogen) atoms. The molecule has 176 valence electrons. The van der Waals surface area contributed by atoms with Crippen LogP contribution in [-0.2, 0) is 11.3 Å². The molecule has 0 bridgehead atoms. The van der Waals surface area contributed by atoms with Crippen molar-refractivity contribution in [3.8, 4) is 11.5 Å². The lowest BCUT2D eigenvalue weighted by Crippen LogP contribution is -2.37. The van der Waals surface area contributed by atoms with E-state index in [4.69, 9.17) is 36.4 Å². The summed E-state index contributed by atoms with van der Waals surface area (Å²) >= 11 is 5.55. The molecule has 1 aromatic heterocycles. The van der Waals surface area contributed by atoms with Gasteiger partial charge in [-0.15, -0.1) is 0 Å². The Morgan fingerprint density at radius 1 is 0.879 bits per heavy atom. The Labute approximate surface area is 199 Å². The van der Waals surface area contributed by atoms with Crippen molar-refractivity contribution in [2.75, 3.05) is 61.3 Å². The summed E-state index contributed by atoms with van der Waals surface area (Å²) in [5, 5.41) is 6.92. The molecule has 9 nitrogen and oxygen atoms in total. The Balaban J connectivity index is 1.29. The average Bonchev–Trinajstić information content (AvgIpc) is 3.14. The summed E-state index contributed by atoms with van der Waals surface area (Å²) in [4.78, 5) is 14.2. The maximum Gasteiger partial charge on any atom is 0.232 e. The second-order valence-electron chi connectivity index (χ2n) is 8.40. The van der Waals surface area contributed by atoms with Crippen molar-refractivity contribution >= 4 is 34.9 Å². The highest BCUT2D eigenvalue weighted by Gasteiger charge is 2.19. The summed E-state index contributed by atoms with van der Waals surface area (Å²) in [5.41, 5.74) is 1.05. The maximum absolute atomic E-state index is 5.55. The number of aromatic nitrogens is 2. The Hall–Kier alpha value is -2.85. The number of thiocarbonyl (C=S) groups is 1. The smallest absolute Gasteiger partial charge is 0.232 e. The van der Waals surface area contributed by atoms with Crippen molar-refractivity contribution in [1.29, 1.82) is 0 Å². The molecule has 1 aromatic carbocycles. The normalized spacial score (nSPS) is 18.1. The fraction of sp³-hybridized carbons (Fsp3) is 0.522. The SMILES string of the molecule is S=C(NCc1ccc2c(c1)OCO2)Nc1nc(N2CCCCCC2)cc(N2CCOCC2)n1. The van der Waals surface area contributed by atoms with Gasteiger partial charge in [0, 0.05) is 38.8 Å². The van der Waals surface area contributed by atoms with Crippen LogP contribution in [0.5, 0.6) is 11.5 Å². The molecule has 2 N–H and O–H groups in total. The molecule has 2 aromatic rings. The van der Waals surface area contributed by atoms with Crippen LogP contribution < -0.4 is 29.9 Å². The fourth-order valence-electron chi connectivity index (χ4n) is 4.27. The Morgan fingerprint density at radius 2 is 1.58 bits per heavy atom. The number of nitrogens with zero attached hydrogens (tertiary/aromatic N) is 4. The first-order valence-electron chi connectivity index (χ1n) is 11.6. The molecule has 3 aliphatic rings. The van der Waals surface area contributed by atoms with Crippen molar-refractivity contribution < 1.29 is 14.2 Å². The molecule has 4 heterocycles. The van der Waals surface area contributed by atoms with E-state index in [1.807, 2.05) is 18.2 Å². The molecule has 2 fully saturated rings. The average molecular weight is 471 g/mol. The number of ether oxygens (including phenoxy) is 3. The minimum Gasteiger partial charge on any atom is -0.454 e. The van der Waals surface area contributed by atoms with Crippen molar-refractivity contribution in [2.45, 2.75) is 32.2 Å². The number of rotatable bonds is 5. The predicted octanol–water partition coefficient (Wildman–Crippen LogP) is 2.91. The first kappa shape index (κ1) is 22.0. The van der Waals surface area contributed by atoms with Gasteiger partial charge in [-0.05, 0) is 42.8 Å². The van der Waals surface area contributed by atoms with E-state index in [2.05, 4.69) is 26.5 Å². The van der Waals surface area contributed by atoms with Gasteiger partial charge in [0.15, 0.2) is 16.6 Å². The molecule has 0 unspecified atom stereocenters. The third-order valence-electron chi connectivity index (χ3n) is 6.08. The molecule has 0 radical (unpaired) electrons. The summed E-state index contributed by atoms with van der Waals surface area (Å²) in [6, 6.07) is 7.98. The largest absolute Gasteiger partial charge is 0.454 e. The second-order valence-corrected chi connectivity index (χ2v) is 8.81. The van der Waals surface area contributed by atoms with Gasteiger partial charge >= 0.3 is 0 Å². The van der Waals surface area contributed by atoms with Gasteiger partial charge in [0.1, 0.15) is 11.6 Å². The van der Waals surface area contributed by atoms with E-state index in [0.717, 1.165) is 54.9 Å². The highest BCUT2D eigenvalue weighted by Crippen LogP contribution is 2.32. The zero-order valence-electron chi connectivity index (χ0n) is 18.7.